The molecule has 3 unspecified atom stereocenters. The summed E-state index contributed by atoms with van der Waals surface area (Å²) in [5.41, 5.74) is -0.709. The zero-order chi connectivity index (χ0) is 9.69. The molecule has 0 aromatic carbocycles. The summed E-state index contributed by atoms with van der Waals surface area (Å²) in [5, 5.41) is 0. The van der Waals surface area contributed by atoms with Gasteiger partial charge in [-0.15, -0.1) is 0 Å². The van der Waals surface area contributed by atoms with Gasteiger partial charge in [0.25, 0.3) is 0 Å². The SMILES string of the molecule is COC(=O)C1(C)C=CCC2(C)OC21. The Morgan fingerprint density at radius 2 is 2.31 bits per heavy atom. The molecular formula is C10H14O3. The highest BCUT2D eigenvalue weighted by Crippen LogP contribution is 2.53. The number of hydrogen-bond acceptors (Lipinski definition) is 3. The number of rotatable bonds is 1. The van der Waals surface area contributed by atoms with Crippen molar-refractivity contribution in [2.75, 3.05) is 7.11 Å². The quantitative estimate of drug-likeness (QED) is 0.348. The Bertz CT molecular complexity index is 284. The Morgan fingerprint density at radius 3 is 2.92 bits per heavy atom. The van der Waals surface area contributed by atoms with E-state index in [1.54, 1.807) is 0 Å². The highest BCUT2D eigenvalue weighted by atomic mass is 16.6. The van der Waals surface area contributed by atoms with Crippen molar-refractivity contribution in [3.05, 3.63) is 12.2 Å². The number of epoxide rings is 1. The molecule has 0 spiro atoms. The van der Waals surface area contributed by atoms with Crippen LogP contribution in [0.2, 0.25) is 0 Å². The molecule has 3 nitrogen and oxygen atoms in total. The molecule has 2 aliphatic rings. The largest absolute Gasteiger partial charge is 0.468 e. The zero-order valence-electron chi connectivity index (χ0n) is 8.16. The van der Waals surface area contributed by atoms with Crippen LogP contribution in [-0.4, -0.2) is 24.8 Å². The second-order valence-electron chi connectivity index (χ2n) is 4.19. The molecule has 1 heterocycles. The fourth-order valence-electron chi connectivity index (χ4n) is 2.17. The molecule has 1 saturated heterocycles. The fraction of sp³-hybridized carbons (Fsp3) is 0.700. The predicted molar refractivity (Wildman–Crippen MR) is 47.2 cm³/mol. The van der Waals surface area contributed by atoms with Crippen LogP contribution >= 0.6 is 0 Å². The summed E-state index contributed by atoms with van der Waals surface area (Å²) < 4.78 is 10.3. The average molecular weight is 182 g/mol. The number of methoxy groups -OCH3 is 1. The Hall–Kier alpha value is -0.830. The maximum atomic E-state index is 11.5. The standard InChI is InChI=1S/C10H14O3/c1-9(8(11)12-3)5-4-6-10(2)7(9)13-10/h4-5,7H,6H2,1-3H3. The highest BCUT2D eigenvalue weighted by molar-refractivity contribution is 5.80. The highest BCUT2D eigenvalue weighted by Gasteiger charge is 2.64. The predicted octanol–water partition coefficient (Wildman–Crippen LogP) is 1.28. The van der Waals surface area contributed by atoms with Gasteiger partial charge in [-0.25, -0.2) is 0 Å². The molecule has 2 rings (SSSR count). The molecule has 1 aliphatic heterocycles. The Kier molecular flexibility index (Phi) is 1.58. The molecule has 3 heteroatoms. The number of carbonyl (C=O) groups excluding carboxylic acids is 1. The summed E-state index contributed by atoms with van der Waals surface area (Å²) in [6.45, 7) is 3.90. The first kappa shape index (κ1) is 8.75. The van der Waals surface area contributed by atoms with Crippen molar-refractivity contribution in [3.8, 4) is 0 Å². The summed E-state index contributed by atoms with van der Waals surface area (Å²) in [6.07, 6.45) is 4.79. The van der Waals surface area contributed by atoms with Gasteiger partial charge in [0.05, 0.1) is 12.7 Å². The lowest BCUT2D eigenvalue weighted by atomic mass is 9.76. The van der Waals surface area contributed by atoms with Crippen molar-refractivity contribution >= 4 is 5.97 Å². The van der Waals surface area contributed by atoms with Crippen LogP contribution in [0.5, 0.6) is 0 Å². The molecule has 0 radical (unpaired) electrons. The van der Waals surface area contributed by atoms with E-state index < -0.39 is 5.41 Å². The van der Waals surface area contributed by atoms with Crippen LogP contribution in [0.15, 0.2) is 12.2 Å². The van der Waals surface area contributed by atoms with Gasteiger partial charge in [-0.3, -0.25) is 4.79 Å². The minimum absolute atomic E-state index is 0.00236. The number of carbonyl (C=O) groups is 1. The number of esters is 1. The molecule has 3 atom stereocenters. The van der Waals surface area contributed by atoms with Crippen LogP contribution in [0, 0.1) is 5.41 Å². The second kappa shape index (κ2) is 2.35. The number of hydrogen-bond donors (Lipinski definition) is 0. The lowest BCUT2D eigenvalue weighted by Crippen LogP contribution is -2.37. The van der Waals surface area contributed by atoms with Gasteiger partial charge in [-0.05, 0) is 20.3 Å². The molecule has 0 bridgehead atoms. The maximum Gasteiger partial charge on any atom is 0.318 e. The molecule has 0 amide bonds. The first-order valence-electron chi connectivity index (χ1n) is 4.47. The summed E-state index contributed by atoms with van der Waals surface area (Å²) in [7, 11) is 1.41. The minimum atomic E-state index is -0.582. The molecule has 1 fully saturated rings. The first-order chi connectivity index (χ1) is 6.03. The van der Waals surface area contributed by atoms with Gasteiger partial charge >= 0.3 is 5.97 Å². The lowest BCUT2D eigenvalue weighted by molar-refractivity contribution is -0.150. The Morgan fingerprint density at radius 1 is 1.62 bits per heavy atom. The van der Waals surface area contributed by atoms with Crippen LogP contribution in [0.1, 0.15) is 20.3 Å². The van der Waals surface area contributed by atoms with Crippen molar-refractivity contribution in [2.24, 2.45) is 5.41 Å². The van der Waals surface area contributed by atoms with E-state index in [-0.39, 0.29) is 17.7 Å². The third-order valence-electron chi connectivity index (χ3n) is 3.04. The third kappa shape index (κ3) is 1.03. The van der Waals surface area contributed by atoms with E-state index in [0.717, 1.165) is 6.42 Å². The van der Waals surface area contributed by atoms with Gasteiger partial charge < -0.3 is 9.47 Å². The summed E-state index contributed by atoms with van der Waals surface area (Å²) in [6, 6.07) is 0. The summed E-state index contributed by atoms with van der Waals surface area (Å²) >= 11 is 0. The topological polar surface area (TPSA) is 38.8 Å². The van der Waals surface area contributed by atoms with Crippen molar-refractivity contribution in [1.82, 2.24) is 0 Å². The normalized spacial score (nSPS) is 46.8. The van der Waals surface area contributed by atoms with Gasteiger partial charge in [0.2, 0.25) is 0 Å². The molecule has 0 saturated carbocycles. The average Bonchev–Trinajstić information content (AvgIpc) is 2.78. The Labute approximate surface area is 77.7 Å². The zero-order valence-corrected chi connectivity index (χ0v) is 8.16. The summed E-state index contributed by atoms with van der Waals surface area (Å²) in [4.78, 5) is 11.5. The Balaban J connectivity index is 2.28. The van der Waals surface area contributed by atoms with E-state index in [1.807, 2.05) is 26.0 Å². The minimum Gasteiger partial charge on any atom is -0.468 e. The molecule has 0 aromatic heterocycles. The van der Waals surface area contributed by atoms with Crippen LogP contribution < -0.4 is 0 Å². The van der Waals surface area contributed by atoms with E-state index in [2.05, 4.69) is 0 Å². The van der Waals surface area contributed by atoms with Gasteiger partial charge in [0.15, 0.2) is 0 Å². The molecule has 72 valence electrons. The lowest BCUT2D eigenvalue weighted by Gasteiger charge is -2.25. The van der Waals surface area contributed by atoms with E-state index in [9.17, 15) is 4.79 Å². The van der Waals surface area contributed by atoms with E-state index >= 15 is 0 Å². The van der Waals surface area contributed by atoms with Gasteiger partial charge in [-0.2, -0.15) is 0 Å². The molecule has 13 heavy (non-hydrogen) atoms. The number of fused-ring (bicyclic) bond motifs is 1. The van der Waals surface area contributed by atoms with E-state index in [1.165, 1.54) is 7.11 Å². The van der Waals surface area contributed by atoms with Gasteiger partial charge in [-0.1, -0.05) is 12.2 Å². The molecule has 0 aromatic rings. The molecule has 0 N–H and O–H groups in total. The fourth-order valence-corrected chi connectivity index (χ4v) is 2.17. The third-order valence-corrected chi connectivity index (χ3v) is 3.04. The van der Waals surface area contributed by atoms with Crippen molar-refractivity contribution < 1.29 is 14.3 Å². The van der Waals surface area contributed by atoms with Crippen molar-refractivity contribution in [1.29, 1.82) is 0 Å². The van der Waals surface area contributed by atoms with E-state index in [0.29, 0.717) is 0 Å². The van der Waals surface area contributed by atoms with Crippen LogP contribution in [0.4, 0.5) is 0 Å². The second-order valence-corrected chi connectivity index (χ2v) is 4.19. The van der Waals surface area contributed by atoms with Crippen LogP contribution in [0.3, 0.4) is 0 Å². The van der Waals surface area contributed by atoms with Crippen LogP contribution in [-0.2, 0) is 14.3 Å². The smallest absolute Gasteiger partial charge is 0.318 e. The summed E-state index contributed by atoms with van der Waals surface area (Å²) in [5.74, 6) is -0.211. The molecular weight excluding hydrogens is 168 g/mol. The van der Waals surface area contributed by atoms with Crippen molar-refractivity contribution in [3.63, 3.8) is 0 Å². The maximum absolute atomic E-state index is 11.5. The number of ether oxygens (including phenoxy) is 2. The van der Waals surface area contributed by atoms with Crippen molar-refractivity contribution in [2.45, 2.75) is 32.0 Å². The van der Waals surface area contributed by atoms with Gasteiger partial charge in [0.1, 0.15) is 11.5 Å². The first-order valence-corrected chi connectivity index (χ1v) is 4.47. The van der Waals surface area contributed by atoms with E-state index in [4.69, 9.17) is 9.47 Å². The monoisotopic (exact) mass is 182 g/mol. The van der Waals surface area contributed by atoms with Crippen LogP contribution in [0.25, 0.3) is 0 Å². The molecule has 1 aliphatic carbocycles. The van der Waals surface area contributed by atoms with Gasteiger partial charge in [0, 0.05) is 0 Å².